The second-order valence-electron chi connectivity index (χ2n) is 4.19. The van der Waals surface area contributed by atoms with Crippen molar-refractivity contribution in [1.82, 2.24) is 4.90 Å². The Labute approximate surface area is 92.8 Å². The molecule has 0 aromatic carbocycles. The summed E-state index contributed by atoms with van der Waals surface area (Å²) in [6.45, 7) is 7.19. The molecule has 4 heteroatoms. The predicted molar refractivity (Wildman–Crippen MR) is 61.6 cm³/mol. The van der Waals surface area contributed by atoms with Gasteiger partial charge in [0.25, 0.3) is 0 Å². The fraction of sp³-hybridized carbons (Fsp3) is 0.909. The summed E-state index contributed by atoms with van der Waals surface area (Å²) < 4.78 is 4.98. The van der Waals surface area contributed by atoms with Gasteiger partial charge in [-0.05, 0) is 27.2 Å². The lowest BCUT2D eigenvalue weighted by Gasteiger charge is -2.26. The quantitative estimate of drug-likeness (QED) is 0.690. The third kappa shape index (κ3) is 6.47. The Bertz CT molecular complexity index is 181. The first-order chi connectivity index (χ1) is 6.99. The zero-order chi connectivity index (χ0) is 11.8. The first-order valence-corrected chi connectivity index (χ1v) is 5.53. The van der Waals surface area contributed by atoms with Crippen LogP contribution in [-0.2, 0) is 9.53 Å². The van der Waals surface area contributed by atoms with E-state index in [-0.39, 0.29) is 18.0 Å². The van der Waals surface area contributed by atoms with Crippen molar-refractivity contribution < 1.29 is 9.53 Å². The molecule has 1 atom stereocenters. The van der Waals surface area contributed by atoms with Crippen LogP contribution in [0.15, 0.2) is 0 Å². The van der Waals surface area contributed by atoms with E-state index >= 15 is 0 Å². The van der Waals surface area contributed by atoms with Gasteiger partial charge in [0.15, 0.2) is 0 Å². The number of hydrogen-bond donors (Lipinski definition) is 1. The van der Waals surface area contributed by atoms with Crippen molar-refractivity contribution in [3.05, 3.63) is 0 Å². The summed E-state index contributed by atoms with van der Waals surface area (Å²) in [5.41, 5.74) is 5.62. The highest BCUT2D eigenvalue weighted by Gasteiger charge is 2.16. The van der Waals surface area contributed by atoms with Crippen molar-refractivity contribution in [3.63, 3.8) is 0 Å². The van der Waals surface area contributed by atoms with E-state index in [1.54, 1.807) is 7.11 Å². The van der Waals surface area contributed by atoms with Gasteiger partial charge in [-0.2, -0.15) is 0 Å². The summed E-state index contributed by atoms with van der Waals surface area (Å²) in [6.07, 6.45) is 1.27. The molecule has 0 aliphatic rings. The minimum absolute atomic E-state index is 0.0883. The number of nitrogens with zero attached hydrogens (tertiary/aromatic N) is 1. The van der Waals surface area contributed by atoms with Crippen molar-refractivity contribution in [2.45, 2.75) is 45.7 Å². The topological polar surface area (TPSA) is 55.6 Å². The lowest BCUT2D eigenvalue weighted by Crippen LogP contribution is -2.39. The number of ether oxygens (including phenoxy) is 1. The molecular weight excluding hydrogens is 192 g/mol. The van der Waals surface area contributed by atoms with Crippen molar-refractivity contribution in [2.24, 2.45) is 5.73 Å². The second-order valence-corrected chi connectivity index (χ2v) is 4.19. The zero-order valence-electron chi connectivity index (χ0n) is 10.3. The van der Waals surface area contributed by atoms with Crippen molar-refractivity contribution >= 4 is 5.91 Å². The number of methoxy groups -OCH3 is 1. The van der Waals surface area contributed by atoms with E-state index in [4.69, 9.17) is 10.5 Å². The van der Waals surface area contributed by atoms with Gasteiger partial charge in [-0.3, -0.25) is 4.79 Å². The Kier molecular flexibility index (Phi) is 7.34. The maximum absolute atomic E-state index is 11.8. The number of amides is 1. The van der Waals surface area contributed by atoms with Gasteiger partial charge >= 0.3 is 0 Å². The van der Waals surface area contributed by atoms with Crippen LogP contribution in [0.1, 0.15) is 33.6 Å². The SMILES string of the molecule is COCCN(C(=O)CCC(C)N)C(C)C. The monoisotopic (exact) mass is 216 g/mol. The van der Waals surface area contributed by atoms with Gasteiger partial charge in [-0.15, -0.1) is 0 Å². The Balaban J connectivity index is 4.05. The lowest BCUT2D eigenvalue weighted by atomic mass is 10.1. The molecule has 0 aromatic rings. The zero-order valence-corrected chi connectivity index (χ0v) is 10.3. The van der Waals surface area contributed by atoms with Crippen LogP contribution in [-0.4, -0.2) is 43.2 Å². The fourth-order valence-corrected chi connectivity index (χ4v) is 1.36. The normalized spacial score (nSPS) is 12.9. The summed E-state index contributed by atoms with van der Waals surface area (Å²) in [6, 6.07) is 0.311. The maximum Gasteiger partial charge on any atom is 0.222 e. The molecule has 1 amide bonds. The standard InChI is InChI=1S/C11H24N2O2/c1-9(2)13(7-8-15-4)11(14)6-5-10(3)12/h9-10H,5-8,12H2,1-4H3. The smallest absolute Gasteiger partial charge is 0.222 e. The molecule has 0 saturated carbocycles. The lowest BCUT2D eigenvalue weighted by molar-refractivity contribution is -0.133. The van der Waals surface area contributed by atoms with Crippen molar-refractivity contribution in [3.8, 4) is 0 Å². The third-order valence-electron chi connectivity index (χ3n) is 2.29. The van der Waals surface area contributed by atoms with Gasteiger partial charge in [0.1, 0.15) is 0 Å². The van der Waals surface area contributed by atoms with Crippen molar-refractivity contribution in [2.75, 3.05) is 20.3 Å². The van der Waals surface area contributed by atoms with E-state index in [1.165, 1.54) is 0 Å². The summed E-state index contributed by atoms with van der Waals surface area (Å²) in [5.74, 6) is 0.166. The van der Waals surface area contributed by atoms with E-state index in [2.05, 4.69) is 0 Å². The van der Waals surface area contributed by atoms with Crippen molar-refractivity contribution in [1.29, 1.82) is 0 Å². The Morgan fingerprint density at radius 3 is 2.40 bits per heavy atom. The molecule has 0 aliphatic carbocycles. The molecule has 4 nitrogen and oxygen atoms in total. The maximum atomic E-state index is 11.8. The highest BCUT2D eigenvalue weighted by Crippen LogP contribution is 2.04. The van der Waals surface area contributed by atoms with Crippen LogP contribution >= 0.6 is 0 Å². The largest absolute Gasteiger partial charge is 0.383 e. The minimum Gasteiger partial charge on any atom is -0.383 e. The van der Waals surface area contributed by atoms with Gasteiger partial charge in [-0.25, -0.2) is 0 Å². The third-order valence-corrected chi connectivity index (χ3v) is 2.29. The molecule has 0 radical (unpaired) electrons. The van der Waals surface area contributed by atoms with Crippen LogP contribution < -0.4 is 5.73 Å². The number of hydrogen-bond acceptors (Lipinski definition) is 3. The number of rotatable bonds is 7. The molecule has 0 fully saturated rings. The molecular formula is C11H24N2O2. The Morgan fingerprint density at radius 2 is 2.00 bits per heavy atom. The van der Waals surface area contributed by atoms with Gasteiger partial charge in [0.2, 0.25) is 5.91 Å². The Morgan fingerprint density at radius 1 is 1.40 bits per heavy atom. The average Bonchev–Trinajstić information content (AvgIpc) is 2.14. The van der Waals surface area contributed by atoms with Gasteiger partial charge in [0.05, 0.1) is 6.61 Å². The van der Waals surface area contributed by atoms with Crippen LogP contribution in [0, 0.1) is 0 Å². The predicted octanol–water partition coefficient (Wildman–Crippen LogP) is 0.997. The highest BCUT2D eigenvalue weighted by atomic mass is 16.5. The summed E-state index contributed by atoms with van der Waals surface area (Å²) in [4.78, 5) is 13.6. The molecule has 1 unspecified atom stereocenters. The van der Waals surface area contributed by atoms with Crippen LogP contribution in [0.4, 0.5) is 0 Å². The summed E-state index contributed by atoms with van der Waals surface area (Å²) >= 11 is 0. The Hall–Kier alpha value is -0.610. The second kappa shape index (κ2) is 7.65. The highest BCUT2D eigenvalue weighted by molar-refractivity contribution is 5.76. The molecule has 0 bridgehead atoms. The molecule has 15 heavy (non-hydrogen) atoms. The van der Waals surface area contributed by atoms with Gasteiger partial charge in [-0.1, -0.05) is 0 Å². The number of carbonyl (C=O) groups is 1. The molecule has 0 rings (SSSR count). The van der Waals surface area contributed by atoms with E-state index in [9.17, 15) is 4.79 Å². The minimum atomic E-state index is 0.0883. The van der Waals surface area contributed by atoms with E-state index in [0.717, 1.165) is 6.42 Å². The molecule has 0 heterocycles. The molecule has 0 spiro atoms. The number of nitrogens with two attached hydrogens (primary N) is 1. The van der Waals surface area contributed by atoms with Gasteiger partial charge < -0.3 is 15.4 Å². The molecule has 0 aliphatic heterocycles. The average molecular weight is 216 g/mol. The fourth-order valence-electron chi connectivity index (χ4n) is 1.36. The summed E-state index contributed by atoms with van der Waals surface area (Å²) in [5, 5.41) is 0. The first kappa shape index (κ1) is 14.4. The van der Waals surface area contributed by atoms with Crippen LogP contribution in [0.25, 0.3) is 0 Å². The van der Waals surface area contributed by atoms with Crippen LogP contribution in [0.5, 0.6) is 0 Å². The molecule has 2 N–H and O–H groups in total. The van der Waals surface area contributed by atoms with E-state index < -0.39 is 0 Å². The molecule has 0 aromatic heterocycles. The number of carbonyl (C=O) groups excluding carboxylic acids is 1. The van der Waals surface area contributed by atoms with Crippen LogP contribution in [0.3, 0.4) is 0 Å². The molecule has 0 saturated heterocycles. The van der Waals surface area contributed by atoms with Crippen LogP contribution in [0.2, 0.25) is 0 Å². The van der Waals surface area contributed by atoms with E-state index in [1.807, 2.05) is 25.7 Å². The molecule has 90 valence electrons. The first-order valence-electron chi connectivity index (χ1n) is 5.53. The van der Waals surface area contributed by atoms with Gasteiger partial charge in [0, 0.05) is 32.2 Å². The summed E-state index contributed by atoms with van der Waals surface area (Å²) in [7, 11) is 1.64. The van der Waals surface area contributed by atoms with E-state index in [0.29, 0.717) is 19.6 Å².